The number of likely N-dealkylation sites (tertiary alicyclic amines) is 2. The molecule has 2 saturated heterocycles. The summed E-state index contributed by atoms with van der Waals surface area (Å²) in [6.07, 6.45) is 5.02. The van der Waals surface area contributed by atoms with Gasteiger partial charge in [0.15, 0.2) is 0 Å². The standard InChI is InChI=1S/2C22H27BrN2/c2*1-17-11-22(16-24(13-17)14-18-5-3-2-4-6-18)25-10-9-19-12-21(23)8-7-20(19)15-25/h2*2-8,12,17,22H,9-11,13-16H2,1H3/t17-,22+;17-,22-/m01/s1. The summed E-state index contributed by atoms with van der Waals surface area (Å²) in [5, 5.41) is 0. The maximum atomic E-state index is 3.61. The highest BCUT2D eigenvalue weighted by molar-refractivity contribution is 9.10. The summed E-state index contributed by atoms with van der Waals surface area (Å²) >= 11 is 7.22. The van der Waals surface area contributed by atoms with E-state index >= 15 is 0 Å². The molecule has 0 N–H and O–H groups in total. The van der Waals surface area contributed by atoms with Crippen LogP contribution in [-0.4, -0.2) is 71.0 Å². The molecule has 4 aliphatic heterocycles. The minimum Gasteiger partial charge on any atom is -0.297 e. The Labute approximate surface area is 318 Å². The van der Waals surface area contributed by atoms with Crippen molar-refractivity contribution in [3.8, 4) is 0 Å². The molecule has 4 atom stereocenters. The van der Waals surface area contributed by atoms with Crippen LogP contribution in [0.15, 0.2) is 106 Å². The highest BCUT2D eigenvalue weighted by Crippen LogP contribution is 2.30. The number of nitrogens with zero attached hydrogens (tertiary/aromatic N) is 4. The number of rotatable bonds is 6. The Hall–Kier alpha value is -2.32. The number of fused-ring (bicyclic) bond motifs is 2. The summed E-state index contributed by atoms with van der Waals surface area (Å²) in [4.78, 5) is 10.8. The van der Waals surface area contributed by atoms with Crippen LogP contribution >= 0.6 is 31.9 Å². The summed E-state index contributed by atoms with van der Waals surface area (Å²) in [7, 11) is 0. The van der Waals surface area contributed by atoms with Gasteiger partial charge in [-0.25, -0.2) is 0 Å². The zero-order valence-corrected chi connectivity index (χ0v) is 33.2. The summed E-state index contributed by atoms with van der Waals surface area (Å²) in [5.74, 6) is 1.54. The van der Waals surface area contributed by atoms with E-state index in [2.05, 4.69) is 162 Å². The highest BCUT2D eigenvalue weighted by atomic mass is 79.9. The molecule has 0 aromatic heterocycles. The second-order valence-corrected chi connectivity index (χ2v) is 17.4. The normalized spacial score (nSPS) is 24.9. The fourth-order valence-electron chi connectivity index (χ4n) is 9.03. The minimum atomic E-state index is 0.684. The van der Waals surface area contributed by atoms with Gasteiger partial charge < -0.3 is 0 Å². The van der Waals surface area contributed by atoms with Crippen molar-refractivity contribution in [2.45, 2.75) is 77.8 Å². The lowest BCUT2D eigenvalue weighted by molar-refractivity contribution is 0.0589. The molecule has 8 rings (SSSR count). The molecule has 4 heterocycles. The lowest BCUT2D eigenvalue weighted by Gasteiger charge is -2.43. The predicted molar refractivity (Wildman–Crippen MR) is 215 cm³/mol. The lowest BCUT2D eigenvalue weighted by atomic mass is 9.91. The van der Waals surface area contributed by atoms with Crippen molar-refractivity contribution < 1.29 is 0 Å². The number of piperidine rings is 2. The van der Waals surface area contributed by atoms with Gasteiger partial charge in [-0.1, -0.05) is 119 Å². The molecule has 4 nitrogen and oxygen atoms in total. The summed E-state index contributed by atoms with van der Waals surface area (Å²) in [5.41, 5.74) is 8.95. The molecule has 2 fully saturated rings. The van der Waals surface area contributed by atoms with Crippen LogP contribution < -0.4 is 0 Å². The van der Waals surface area contributed by atoms with Gasteiger partial charge in [0.1, 0.15) is 0 Å². The van der Waals surface area contributed by atoms with Gasteiger partial charge in [0, 0.05) is 86.5 Å². The van der Waals surface area contributed by atoms with Crippen molar-refractivity contribution >= 4 is 31.9 Å². The fourth-order valence-corrected chi connectivity index (χ4v) is 9.85. The molecule has 0 amide bonds. The van der Waals surface area contributed by atoms with E-state index in [1.165, 1.54) is 107 Å². The van der Waals surface area contributed by atoms with Crippen molar-refractivity contribution in [3.05, 3.63) is 139 Å². The van der Waals surface area contributed by atoms with Crippen LogP contribution in [0, 0.1) is 11.8 Å². The van der Waals surface area contributed by atoms with Gasteiger partial charge in [0.2, 0.25) is 0 Å². The molecule has 4 aromatic rings. The molecular weight excluding hydrogens is 744 g/mol. The molecule has 0 spiro atoms. The maximum absolute atomic E-state index is 3.61. The second-order valence-electron chi connectivity index (χ2n) is 15.6. The van der Waals surface area contributed by atoms with Crippen molar-refractivity contribution in [3.63, 3.8) is 0 Å². The van der Waals surface area contributed by atoms with Crippen LogP contribution in [0.5, 0.6) is 0 Å². The van der Waals surface area contributed by atoms with E-state index in [0.29, 0.717) is 12.1 Å². The maximum Gasteiger partial charge on any atom is 0.0240 e. The van der Waals surface area contributed by atoms with Crippen LogP contribution in [0.4, 0.5) is 0 Å². The first-order valence-corrected chi connectivity index (χ1v) is 20.5. The van der Waals surface area contributed by atoms with Crippen molar-refractivity contribution in [2.75, 3.05) is 39.3 Å². The van der Waals surface area contributed by atoms with Gasteiger partial charge in [0.25, 0.3) is 0 Å². The van der Waals surface area contributed by atoms with E-state index in [1.54, 1.807) is 0 Å². The van der Waals surface area contributed by atoms with Gasteiger partial charge in [-0.3, -0.25) is 19.6 Å². The molecule has 264 valence electrons. The van der Waals surface area contributed by atoms with Crippen molar-refractivity contribution in [2.24, 2.45) is 11.8 Å². The lowest BCUT2D eigenvalue weighted by Crippen LogP contribution is -2.51. The van der Waals surface area contributed by atoms with E-state index in [1.807, 2.05) is 0 Å². The first-order chi connectivity index (χ1) is 24.3. The quantitative estimate of drug-likeness (QED) is 0.193. The molecule has 4 aliphatic rings. The Kier molecular flexibility index (Phi) is 12.3. The molecule has 4 aromatic carbocycles. The molecule has 6 heteroatoms. The van der Waals surface area contributed by atoms with Gasteiger partial charge in [0.05, 0.1) is 0 Å². The zero-order chi connectivity index (χ0) is 34.5. The number of hydrogen-bond donors (Lipinski definition) is 0. The minimum absolute atomic E-state index is 0.684. The first kappa shape index (κ1) is 36.1. The Balaban J connectivity index is 0.000000157. The molecule has 0 radical (unpaired) electrons. The summed E-state index contributed by atoms with van der Waals surface area (Å²) in [6, 6.07) is 36.8. The first-order valence-electron chi connectivity index (χ1n) is 18.9. The van der Waals surface area contributed by atoms with E-state index in [4.69, 9.17) is 0 Å². The smallest absolute Gasteiger partial charge is 0.0240 e. The third kappa shape index (κ3) is 9.56. The summed E-state index contributed by atoms with van der Waals surface area (Å²) in [6.45, 7) is 16.5. The Morgan fingerprint density at radius 1 is 0.520 bits per heavy atom. The van der Waals surface area contributed by atoms with Crippen LogP contribution in [0.1, 0.15) is 60.1 Å². The van der Waals surface area contributed by atoms with Gasteiger partial charge >= 0.3 is 0 Å². The molecule has 50 heavy (non-hydrogen) atoms. The van der Waals surface area contributed by atoms with Crippen LogP contribution in [0.2, 0.25) is 0 Å². The van der Waals surface area contributed by atoms with E-state index in [-0.39, 0.29) is 0 Å². The average molecular weight is 799 g/mol. The van der Waals surface area contributed by atoms with E-state index in [9.17, 15) is 0 Å². The second kappa shape index (κ2) is 17.0. The molecule has 0 unspecified atom stereocenters. The Morgan fingerprint density at radius 2 is 0.940 bits per heavy atom. The van der Waals surface area contributed by atoms with Gasteiger partial charge in [-0.05, 0) is 95.2 Å². The van der Waals surface area contributed by atoms with E-state index in [0.717, 1.165) is 38.0 Å². The molecular formula is C44H54Br2N4. The van der Waals surface area contributed by atoms with Gasteiger partial charge in [-0.15, -0.1) is 0 Å². The topological polar surface area (TPSA) is 13.0 Å². The monoisotopic (exact) mass is 796 g/mol. The SMILES string of the molecule is C[C@@H]1C[C@@H](N2CCc3cc(Br)ccc3C2)CN(Cc2ccccc2)C1.C[C@H]1C[C@@H](N2CCc3cc(Br)ccc3C2)CN(Cc2ccccc2)C1. The highest BCUT2D eigenvalue weighted by Gasteiger charge is 2.32. The van der Waals surface area contributed by atoms with Crippen molar-refractivity contribution in [1.82, 2.24) is 19.6 Å². The van der Waals surface area contributed by atoms with Crippen LogP contribution in [-0.2, 0) is 39.0 Å². The summed E-state index contributed by atoms with van der Waals surface area (Å²) < 4.78 is 2.42. The third-order valence-corrected chi connectivity index (χ3v) is 12.4. The number of halogens is 2. The molecule has 0 bridgehead atoms. The van der Waals surface area contributed by atoms with Crippen molar-refractivity contribution in [1.29, 1.82) is 0 Å². The third-order valence-electron chi connectivity index (χ3n) is 11.4. The fraction of sp³-hybridized carbons (Fsp3) is 0.455. The molecule has 0 aliphatic carbocycles. The van der Waals surface area contributed by atoms with Crippen LogP contribution in [0.25, 0.3) is 0 Å². The number of hydrogen-bond acceptors (Lipinski definition) is 4. The Morgan fingerprint density at radius 3 is 1.36 bits per heavy atom. The van der Waals surface area contributed by atoms with Gasteiger partial charge in [-0.2, -0.15) is 0 Å². The molecule has 0 saturated carbocycles. The Bertz CT molecular complexity index is 1560. The predicted octanol–water partition coefficient (Wildman–Crippen LogP) is 9.44. The van der Waals surface area contributed by atoms with E-state index < -0.39 is 0 Å². The largest absolute Gasteiger partial charge is 0.297 e. The average Bonchev–Trinajstić information content (AvgIpc) is 3.12. The zero-order valence-electron chi connectivity index (χ0n) is 30.0. The van der Waals surface area contributed by atoms with Crippen LogP contribution in [0.3, 0.4) is 0 Å². The number of benzene rings is 4.